The molecule has 112 valence electrons. The second-order valence-electron chi connectivity index (χ2n) is 4.03. The summed E-state index contributed by atoms with van der Waals surface area (Å²) >= 11 is 3.08. The largest absolute Gasteiger partial charge is 0.376 e. The fraction of sp³-hybridized carbons (Fsp3) is 0.0769. The molecule has 0 heterocycles. The van der Waals surface area contributed by atoms with Crippen LogP contribution < -0.4 is 5.32 Å². The van der Waals surface area contributed by atoms with Crippen LogP contribution in [0.3, 0.4) is 0 Å². The second kappa shape index (κ2) is 5.97. The van der Waals surface area contributed by atoms with E-state index in [0.29, 0.717) is 4.47 Å². The molecule has 0 atom stereocenters. The monoisotopic (exact) mass is 369 g/mol. The van der Waals surface area contributed by atoms with E-state index in [1.165, 1.54) is 6.07 Å². The molecule has 1 N–H and O–H groups in total. The molecule has 0 fully saturated rings. The van der Waals surface area contributed by atoms with Crippen LogP contribution in [0.5, 0.6) is 0 Å². The SMILES string of the molecule is Fc1ccc(Br)c(CNc2c(F)c(F)c(F)c(F)c2F)c1. The molecule has 2 aromatic rings. The van der Waals surface area contributed by atoms with Crippen molar-refractivity contribution in [2.75, 3.05) is 5.32 Å². The number of hydrogen-bond donors (Lipinski definition) is 1. The van der Waals surface area contributed by atoms with E-state index in [1.807, 2.05) is 0 Å². The molecule has 0 aromatic heterocycles. The Balaban J connectivity index is 2.35. The molecule has 0 aliphatic carbocycles. The Hall–Kier alpha value is -1.70. The minimum absolute atomic E-state index is 0.249. The third-order valence-electron chi connectivity index (χ3n) is 2.67. The molecule has 2 rings (SSSR count). The molecular weight excluding hydrogens is 364 g/mol. The van der Waals surface area contributed by atoms with Gasteiger partial charge in [-0.1, -0.05) is 15.9 Å². The molecule has 0 aliphatic heterocycles. The van der Waals surface area contributed by atoms with E-state index in [2.05, 4.69) is 21.2 Å². The lowest BCUT2D eigenvalue weighted by molar-refractivity contribution is 0.381. The number of halogens is 7. The van der Waals surface area contributed by atoms with E-state index < -0.39 is 40.6 Å². The van der Waals surface area contributed by atoms with Gasteiger partial charge in [0.1, 0.15) is 11.5 Å². The third kappa shape index (κ3) is 2.99. The summed E-state index contributed by atoms with van der Waals surface area (Å²) < 4.78 is 79.2. The van der Waals surface area contributed by atoms with Gasteiger partial charge in [-0.15, -0.1) is 0 Å². The summed E-state index contributed by atoms with van der Waals surface area (Å²) in [5.74, 6) is -10.9. The highest BCUT2D eigenvalue weighted by atomic mass is 79.9. The molecule has 0 bridgehead atoms. The summed E-state index contributed by atoms with van der Waals surface area (Å²) in [4.78, 5) is 0. The van der Waals surface area contributed by atoms with Crippen molar-refractivity contribution in [3.8, 4) is 0 Å². The van der Waals surface area contributed by atoms with E-state index >= 15 is 0 Å². The van der Waals surface area contributed by atoms with Gasteiger partial charge < -0.3 is 5.32 Å². The summed E-state index contributed by atoms with van der Waals surface area (Å²) in [7, 11) is 0. The lowest BCUT2D eigenvalue weighted by atomic mass is 10.2. The topological polar surface area (TPSA) is 12.0 Å². The Labute approximate surface area is 123 Å². The van der Waals surface area contributed by atoms with Crippen LogP contribution in [0.1, 0.15) is 5.56 Å². The van der Waals surface area contributed by atoms with Gasteiger partial charge in [0.05, 0.1) is 0 Å². The Morgan fingerprint density at radius 3 is 1.90 bits per heavy atom. The lowest BCUT2D eigenvalue weighted by Crippen LogP contribution is -2.10. The van der Waals surface area contributed by atoms with Crippen molar-refractivity contribution in [1.82, 2.24) is 0 Å². The molecule has 2 aromatic carbocycles. The quantitative estimate of drug-likeness (QED) is 0.461. The molecule has 21 heavy (non-hydrogen) atoms. The fourth-order valence-corrected chi connectivity index (χ4v) is 2.01. The van der Waals surface area contributed by atoms with Gasteiger partial charge in [-0.05, 0) is 23.8 Å². The van der Waals surface area contributed by atoms with Crippen molar-refractivity contribution < 1.29 is 26.3 Å². The maximum absolute atomic E-state index is 13.4. The van der Waals surface area contributed by atoms with Crippen molar-refractivity contribution in [3.63, 3.8) is 0 Å². The number of anilines is 1. The van der Waals surface area contributed by atoms with Gasteiger partial charge in [0, 0.05) is 11.0 Å². The molecule has 0 saturated carbocycles. The minimum Gasteiger partial charge on any atom is -0.376 e. The highest BCUT2D eigenvalue weighted by Gasteiger charge is 2.25. The number of benzene rings is 2. The Kier molecular flexibility index (Phi) is 4.46. The van der Waals surface area contributed by atoms with E-state index in [0.717, 1.165) is 12.1 Å². The predicted octanol–water partition coefficient (Wildman–Crippen LogP) is 4.90. The van der Waals surface area contributed by atoms with Crippen LogP contribution in [0.15, 0.2) is 22.7 Å². The van der Waals surface area contributed by atoms with Crippen molar-refractivity contribution in [2.24, 2.45) is 0 Å². The third-order valence-corrected chi connectivity index (χ3v) is 3.45. The highest BCUT2D eigenvalue weighted by Crippen LogP contribution is 2.28. The first-order chi connectivity index (χ1) is 9.82. The van der Waals surface area contributed by atoms with Gasteiger partial charge >= 0.3 is 0 Å². The average molecular weight is 370 g/mol. The Bertz CT molecular complexity index is 675. The molecule has 0 spiro atoms. The fourth-order valence-electron chi connectivity index (χ4n) is 1.62. The van der Waals surface area contributed by atoms with Gasteiger partial charge in [-0.3, -0.25) is 0 Å². The van der Waals surface area contributed by atoms with Crippen molar-refractivity contribution in [1.29, 1.82) is 0 Å². The minimum atomic E-state index is -2.23. The van der Waals surface area contributed by atoms with Crippen molar-refractivity contribution in [2.45, 2.75) is 6.54 Å². The van der Waals surface area contributed by atoms with E-state index in [9.17, 15) is 26.3 Å². The first-order valence-corrected chi connectivity index (χ1v) is 6.31. The highest BCUT2D eigenvalue weighted by molar-refractivity contribution is 9.10. The maximum atomic E-state index is 13.4. The van der Waals surface area contributed by atoms with Gasteiger partial charge in [-0.25, -0.2) is 26.3 Å². The molecule has 1 nitrogen and oxygen atoms in total. The first kappa shape index (κ1) is 15.7. The molecule has 0 unspecified atom stereocenters. The number of nitrogens with one attached hydrogen (secondary N) is 1. The molecule has 0 saturated heterocycles. The second-order valence-corrected chi connectivity index (χ2v) is 4.89. The zero-order chi connectivity index (χ0) is 15.7. The predicted molar refractivity (Wildman–Crippen MR) is 67.7 cm³/mol. The van der Waals surface area contributed by atoms with Crippen LogP contribution in [-0.4, -0.2) is 0 Å². The van der Waals surface area contributed by atoms with Crippen LogP contribution in [-0.2, 0) is 6.54 Å². The summed E-state index contributed by atoms with van der Waals surface area (Å²) in [6.07, 6.45) is 0. The van der Waals surface area contributed by atoms with Crippen LogP contribution in [0, 0.1) is 34.9 Å². The van der Waals surface area contributed by atoms with Crippen LogP contribution >= 0.6 is 15.9 Å². The van der Waals surface area contributed by atoms with E-state index in [4.69, 9.17) is 0 Å². The van der Waals surface area contributed by atoms with Gasteiger partial charge in [0.2, 0.25) is 5.82 Å². The Morgan fingerprint density at radius 1 is 0.810 bits per heavy atom. The van der Waals surface area contributed by atoms with Gasteiger partial charge in [0.15, 0.2) is 23.3 Å². The van der Waals surface area contributed by atoms with Crippen LogP contribution in [0.25, 0.3) is 0 Å². The van der Waals surface area contributed by atoms with Crippen molar-refractivity contribution >= 4 is 21.6 Å². The number of rotatable bonds is 3. The number of hydrogen-bond acceptors (Lipinski definition) is 1. The smallest absolute Gasteiger partial charge is 0.200 e. The normalized spacial score (nSPS) is 10.8. The first-order valence-electron chi connectivity index (χ1n) is 5.52. The summed E-state index contributed by atoms with van der Waals surface area (Å²) in [6.45, 7) is -0.337. The zero-order valence-electron chi connectivity index (χ0n) is 10.1. The van der Waals surface area contributed by atoms with Gasteiger partial charge in [0.25, 0.3) is 0 Å². The van der Waals surface area contributed by atoms with Crippen LogP contribution in [0.2, 0.25) is 0 Å². The van der Waals surface area contributed by atoms with Crippen molar-refractivity contribution in [3.05, 3.63) is 63.1 Å². The molecule has 0 radical (unpaired) electrons. The van der Waals surface area contributed by atoms with E-state index in [-0.39, 0.29) is 12.1 Å². The average Bonchev–Trinajstić information content (AvgIpc) is 2.46. The molecule has 8 heteroatoms. The molecule has 0 amide bonds. The Morgan fingerprint density at radius 2 is 1.33 bits per heavy atom. The summed E-state index contributed by atoms with van der Waals surface area (Å²) in [5, 5.41) is 2.08. The summed E-state index contributed by atoms with van der Waals surface area (Å²) in [6, 6.07) is 3.56. The maximum Gasteiger partial charge on any atom is 0.200 e. The molecule has 0 aliphatic rings. The standard InChI is InChI=1S/C13H6BrF6N/c14-7-2-1-6(15)3-5(7)4-21-13-11(19)9(17)8(16)10(18)12(13)20/h1-3,21H,4H2. The van der Waals surface area contributed by atoms with Crippen LogP contribution in [0.4, 0.5) is 32.0 Å². The molecular formula is C13H6BrF6N. The lowest BCUT2D eigenvalue weighted by Gasteiger charge is -2.12. The zero-order valence-corrected chi connectivity index (χ0v) is 11.7. The summed E-state index contributed by atoms with van der Waals surface area (Å²) in [5.41, 5.74) is -0.915. The van der Waals surface area contributed by atoms with Gasteiger partial charge in [-0.2, -0.15) is 0 Å². The van der Waals surface area contributed by atoms with E-state index in [1.54, 1.807) is 0 Å².